The van der Waals surface area contributed by atoms with Crippen molar-refractivity contribution in [2.45, 2.75) is 39.8 Å². The maximum Gasteiger partial charge on any atom is 0.338 e. The Morgan fingerprint density at radius 1 is 1.19 bits per heavy atom. The van der Waals surface area contributed by atoms with Crippen molar-refractivity contribution in [3.8, 4) is 5.75 Å². The van der Waals surface area contributed by atoms with Gasteiger partial charge in [0.25, 0.3) is 5.91 Å². The minimum atomic E-state index is -0.943. The molecule has 0 atom stereocenters. The molecule has 1 aliphatic rings. The summed E-state index contributed by atoms with van der Waals surface area (Å²) in [5.74, 6) is 0.207. The summed E-state index contributed by atoms with van der Waals surface area (Å²) in [4.78, 5) is 26.7. The molecule has 0 aromatic heterocycles. The summed E-state index contributed by atoms with van der Waals surface area (Å²) in [5.41, 5.74) is 2.19. The molecule has 0 N–H and O–H groups in total. The molecule has 0 spiro atoms. The molecule has 0 aliphatic carbocycles. The van der Waals surface area contributed by atoms with Crippen molar-refractivity contribution < 1.29 is 19.1 Å². The third kappa shape index (κ3) is 3.43. The first-order chi connectivity index (χ1) is 12.3. The summed E-state index contributed by atoms with van der Waals surface area (Å²) in [6, 6.07) is 13.0. The van der Waals surface area contributed by atoms with Crippen molar-refractivity contribution >= 4 is 17.6 Å². The first kappa shape index (κ1) is 18.0. The van der Waals surface area contributed by atoms with E-state index >= 15 is 0 Å². The topological polar surface area (TPSA) is 55.8 Å². The van der Waals surface area contributed by atoms with Crippen molar-refractivity contribution in [1.29, 1.82) is 0 Å². The average molecular weight is 353 g/mol. The van der Waals surface area contributed by atoms with Gasteiger partial charge in [0.2, 0.25) is 0 Å². The van der Waals surface area contributed by atoms with Crippen LogP contribution in [0.4, 0.5) is 5.69 Å². The van der Waals surface area contributed by atoms with E-state index in [1.54, 1.807) is 43.9 Å². The monoisotopic (exact) mass is 353 g/mol. The zero-order valence-corrected chi connectivity index (χ0v) is 15.5. The van der Waals surface area contributed by atoms with Gasteiger partial charge in [0.05, 0.1) is 24.4 Å². The summed E-state index contributed by atoms with van der Waals surface area (Å²) in [5, 5.41) is 0. The Bertz CT molecular complexity index is 857. The summed E-state index contributed by atoms with van der Waals surface area (Å²) in [7, 11) is 0. The number of amides is 1. The first-order valence-corrected chi connectivity index (χ1v) is 8.69. The summed E-state index contributed by atoms with van der Waals surface area (Å²) in [6.45, 7) is 7.96. The molecule has 0 saturated heterocycles. The molecule has 0 radical (unpaired) electrons. The Kier molecular flexibility index (Phi) is 4.72. The lowest BCUT2D eigenvalue weighted by Crippen LogP contribution is -2.52. The third-order valence-corrected chi connectivity index (χ3v) is 4.31. The quantitative estimate of drug-likeness (QED) is 0.783. The van der Waals surface area contributed by atoms with Gasteiger partial charge in [-0.1, -0.05) is 18.2 Å². The molecule has 1 aliphatic heterocycles. The second-order valence-electron chi connectivity index (χ2n) is 6.90. The van der Waals surface area contributed by atoms with Crippen LogP contribution in [0.15, 0.2) is 42.5 Å². The second kappa shape index (κ2) is 6.83. The highest BCUT2D eigenvalue weighted by atomic mass is 16.5. The van der Waals surface area contributed by atoms with Crippen LogP contribution < -0.4 is 9.64 Å². The highest BCUT2D eigenvalue weighted by Crippen LogP contribution is 2.39. The van der Waals surface area contributed by atoms with Crippen LogP contribution >= 0.6 is 0 Å². The molecular formula is C21H23NO4. The lowest BCUT2D eigenvalue weighted by atomic mass is 10.0. The molecule has 2 aromatic carbocycles. The largest absolute Gasteiger partial charge is 0.476 e. The fourth-order valence-corrected chi connectivity index (χ4v) is 3.03. The van der Waals surface area contributed by atoms with Gasteiger partial charge in [-0.25, -0.2) is 4.79 Å². The molecule has 26 heavy (non-hydrogen) atoms. The van der Waals surface area contributed by atoms with Crippen LogP contribution in [0.1, 0.15) is 42.3 Å². The van der Waals surface area contributed by atoms with E-state index in [-0.39, 0.29) is 11.9 Å². The maximum absolute atomic E-state index is 13.0. The number of hydrogen-bond acceptors (Lipinski definition) is 4. The molecule has 3 rings (SSSR count). The molecule has 5 heteroatoms. The number of fused-ring (bicyclic) bond motifs is 1. The number of esters is 1. The van der Waals surface area contributed by atoms with E-state index in [2.05, 4.69) is 0 Å². The predicted molar refractivity (Wildman–Crippen MR) is 99.5 cm³/mol. The van der Waals surface area contributed by atoms with Gasteiger partial charge in [-0.2, -0.15) is 0 Å². The van der Waals surface area contributed by atoms with Crippen LogP contribution in [0.2, 0.25) is 0 Å². The number of nitrogens with zero attached hydrogens (tertiary/aromatic N) is 1. The fraction of sp³-hybridized carbons (Fsp3) is 0.333. The van der Waals surface area contributed by atoms with Crippen molar-refractivity contribution in [1.82, 2.24) is 0 Å². The SMILES string of the molecule is CCOC(=O)c1cccc(CN2C(=O)C(C)(C)Oc3ccc(C)cc32)c1. The van der Waals surface area contributed by atoms with Crippen LogP contribution in [0.3, 0.4) is 0 Å². The Hall–Kier alpha value is -2.82. The van der Waals surface area contributed by atoms with Gasteiger partial charge in [-0.05, 0) is 63.1 Å². The van der Waals surface area contributed by atoms with Gasteiger partial charge in [-0.15, -0.1) is 0 Å². The Labute approximate surface area is 153 Å². The Morgan fingerprint density at radius 3 is 2.69 bits per heavy atom. The van der Waals surface area contributed by atoms with E-state index in [1.807, 2.05) is 31.2 Å². The van der Waals surface area contributed by atoms with Crippen molar-refractivity contribution in [3.05, 3.63) is 59.2 Å². The van der Waals surface area contributed by atoms with Crippen LogP contribution in [0.5, 0.6) is 5.75 Å². The average Bonchev–Trinajstić information content (AvgIpc) is 2.60. The summed E-state index contributed by atoms with van der Waals surface area (Å²) >= 11 is 0. The summed E-state index contributed by atoms with van der Waals surface area (Å²) < 4.78 is 10.9. The molecule has 136 valence electrons. The first-order valence-electron chi connectivity index (χ1n) is 8.69. The number of rotatable bonds is 4. The van der Waals surface area contributed by atoms with Crippen LogP contribution in [0.25, 0.3) is 0 Å². The number of carbonyl (C=O) groups is 2. The van der Waals surface area contributed by atoms with Gasteiger partial charge in [0, 0.05) is 0 Å². The standard InChI is InChI=1S/C21H23NO4/c1-5-25-19(23)16-8-6-7-15(12-16)13-22-17-11-14(2)9-10-18(17)26-21(3,4)20(22)24/h6-12H,5,13H2,1-4H3. The molecule has 0 saturated carbocycles. The molecule has 5 nitrogen and oxygen atoms in total. The maximum atomic E-state index is 13.0. The highest BCUT2D eigenvalue weighted by Gasteiger charge is 2.40. The lowest BCUT2D eigenvalue weighted by Gasteiger charge is -2.39. The number of hydrogen-bond donors (Lipinski definition) is 0. The lowest BCUT2D eigenvalue weighted by molar-refractivity contribution is -0.132. The zero-order valence-electron chi connectivity index (χ0n) is 15.5. The van der Waals surface area contributed by atoms with Gasteiger partial charge in [0.1, 0.15) is 5.75 Å². The minimum absolute atomic E-state index is 0.114. The summed E-state index contributed by atoms with van der Waals surface area (Å²) in [6.07, 6.45) is 0. The van der Waals surface area contributed by atoms with Gasteiger partial charge in [-0.3, -0.25) is 4.79 Å². The van der Waals surface area contributed by atoms with Gasteiger partial charge < -0.3 is 14.4 Å². The number of anilines is 1. The van der Waals surface area contributed by atoms with E-state index in [0.717, 1.165) is 16.8 Å². The van der Waals surface area contributed by atoms with Crippen LogP contribution in [-0.2, 0) is 16.1 Å². The number of benzene rings is 2. The molecule has 0 bridgehead atoms. The molecule has 0 unspecified atom stereocenters. The van der Waals surface area contributed by atoms with E-state index in [9.17, 15) is 9.59 Å². The second-order valence-corrected chi connectivity index (χ2v) is 6.90. The minimum Gasteiger partial charge on any atom is -0.476 e. The van der Waals surface area contributed by atoms with Gasteiger partial charge >= 0.3 is 5.97 Å². The van der Waals surface area contributed by atoms with E-state index in [1.165, 1.54) is 0 Å². The molecule has 1 amide bonds. The van der Waals surface area contributed by atoms with Crippen molar-refractivity contribution in [3.63, 3.8) is 0 Å². The number of carbonyl (C=O) groups excluding carboxylic acids is 2. The Balaban J connectivity index is 1.96. The fourth-order valence-electron chi connectivity index (χ4n) is 3.03. The molecule has 0 fully saturated rings. The van der Waals surface area contributed by atoms with Crippen LogP contribution in [0, 0.1) is 6.92 Å². The normalized spacial score (nSPS) is 15.2. The molecular weight excluding hydrogens is 330 g/mol. The van der Waals surface area contributed by atoms with Crippen LogP contribution in [-0.4, -0.2) is 24.1 Å². The third-order valence-electron chi connectivity index (χ3n) is 4.31. The zero-order chi connectivity index (χ0) is 18.9. The van der Waals surface area contributed by atoms with E-state index in [4.69, 9.17) is 9.47 Å². The molecule has 2 aromatic rings. The smallest absolute Gasteiger partial charge is 0.338 e. The predicted octanol–water partition coefficient (Wildman–Crippen LogP) is 3.88. The van der Waals surface area contributed by atoms with E-state index in [0.29, 0.717) is 24.5 Å². The molecule has 1 heterocycles. The Morgan fingerprint density at radius 2 is 1.96 bits per heavy atom. The van der Waals surface area contributed by atoms with Gasteiger partial charge in [0.15, 0.2) is 5.60 Å². The van der Waals surface area contributed by atoms with Crippen molar-refractivity contribution in [2.75, 3.05) is 11.5 Å². The van der Waals surface area contributed by atoms with E-state index < -0.39 is 5.60 Å². The number of ether oxygens (including phenoxy) is 2. The van der Waals surface area contributed by atoms with Crippen molar-refractivity contribution in [2.24, 2.45) is 0 Å². The highest BCUT2D eigenvalue weighted by molar-refractivity contribution is 6.02. The number of aryl methyl sites for hydroxylation is 1.